The van der Waals surface area contributed by atoms with Gasteiger partial charge in [-0.25, -0.2) is 0 Å². The Bertz CT molecular complexity index is 860. The van der Waals surface area contributed by atoms with Crippen LogP contribution in [0.3, 0.4) is 0 Å². The molecule has 1 heterocycles. The number of ether oxygens (including phenoxy) is 2. The highest BCUT2D eigenvalue weighted by molar-refractivity contribution is 14.0. The molecule has 1 aliphatic rings. The van der Waals surface area contributed by atoms with E-state index in [1.165, 1.54) is 16.7 Å². The number of fused-ring (bicyclic) bond motifs is 1. The molecule has 32 heavy (non-hydrogen) atoms. The van der Waals surface area contributed by atoms with Crippen LogP contribution < -0.4 is 15.4 Å². The van der Waals surface area contributed by atoms with E-state index in [0.717, 1.165) is 56.3 Å². The Balaban J connectivity index is 0.00000363. The van der Waals surface area contributed by atoms with E-state index in [0.29, 0.717) is 19.8 Å². The summed E-state index contributed by atoms with van der Waals surface area (Å²) in [4.78, 5) is 6.90. The van der Waals surface area contributed by atoms with Crippen molar-refractivity contribution in [3.8, 4) is 5.75 Å². The van der Waals surface area contributed by atoms with Crippen LogP contribution in [-0.4, -0.2) is 57.9 Å². The molecule has 0 atom stereocenters. The second kappa shape index (κ2) is 14.3. The number of aliphatic imine (C=N–C) groups is 1. The van der Waals surface area contributed by atoms with Gasteiger partial charge in [0.2, 0.25) is 0 Å². The molecule has 176 valence electrons. The molecule has 0 spiro atoms. The van der Waals surface area contributed by atoms with Gasteiger partial charge in [-0.2, -0.15) is 0 Å². The molecule has 0 fully saturated rings. The molecular formula is C25H37IN4O2. The molecule has 0 radical (unpaired) electrons. The molecule has 6 nitrogen and oxygen atoms in total. The Kier molecular flexibility index (Phi) is 11.8. The molecule has 7 heteroatoms. The Morgan fingerprint density at radius 3 is 2.69 bits per heavy atom. The van der Waals surface area contributed by atoms with Crippen molar-refractivity contribution in [2.75, 3.05) is 47.0 Å². The van der Waals surface area contributed by atoms with Crippen molar-refractivity contribution in [2.24, 2.45) is 4.99 Å². The van der Waals surface area contributed by atoms with E-state index in [4.69, 9.17) is 9.47 Å². The number of nitrogens with one attached hydrogen (secondary N) is 2. The topological polar surface area (TPSA) is 58.1 Å². The number of hydrogen-bond acceptors (Lipinski definition) is 4. The third kappa shape index (κ3) is 8.26. The van der Waals surface area contributed by atoms with Gasteiger partial charge < -0.3 is 20.1 Å². The monoisotopic (exact) mass is 552 g/mol. The zero-order chi connectivity index (χ0) is 21.9. The average molecular weight is 553 g/mol. The highest BCUT2D eigenvalue weighted by Crippen LogP contribution is 2.20. The smallest absolute Gasteiger partial charge is 0.191 e. The first-order valence-electron chi connectivity index (χ1n) is 11.1. The van der Waals surface area contributed by atoms with E-state index in [1.54, 1.807) is 7.11 Å². The number of halogens is 1. The van der Waals surface area contributed by atoms with Gasteiger partial charge in [-0.15, -0.1) is 24.0 Å². The largest absolute Gasteiger partial charge is 0.491 e. The van der Waals surface area contributed by atoms with Gasteiger partial charge in [-0.3, -0.25) is 9.89 Å². The first-order chi connectivity index (χ1) is 15.2. The molecule has 0 bridgehead atoms. The summed E-state index contributed by atoms with van der Waals surface area (Å²) in [5.74, 6) is 1.71. The van der Waals surface area contributed by atoms with Crippen LogP contribution in [0.1, 0.15) is 28.7 Å². The highest BCUT2D eigenvalue weighted by atomic mass is 127. The Hall–Kier alpha value is -1.84. The maximum absolute atomic E-state index is 5.88. The number of methoxy groups -OCH3 is 1. The number of benzene rings is 2. The average Bonchev–Trinajstić information content (AvgIpc) is 2.79. The summed E-state index contributed by atoms with van der Waals surface area (Å²) in [6, 6.07) is 15.1. The van der Waals surface area contributed by atoms with E-state index < -0.39 is 0 Å². The van der Waals surface area contributed by atoms with Crippen LogP contribution in [-0.2, 0) is 24.2 Å². The molecule has 2 N–H and O–H groups in total. The Labute approximate surface area is 209 Å². The zero-order valence-electron chi connectivity index (χ0n) is 19.5. The van der Waals surface area contributed by atoms with Gasteiger partial charge in [0.25, 0.3) is 0 Å². The van der Waals surface area contributed by atoms with Gasteiger partial charge in [0.15, 0.2) is 5.96 Å². The number of aryl methyl sites for hydroxylation is 1. The fourth-order valence-corrected chi connectivity index (χ4v) is 3.83. The lowest BCUT2D eigenvalue weighted by atomic mass is 10.00. The minimum atomic E-state index is 0. The lowest BCUT2D eigenvalue weighted by Gasteiger charge is -2.28. The van der Waals surface area contributed by atoms with Crippen molar-refractivity contribution in [2.45, 2.75) is 32.9 Å². The van der Waals surface area contributed by atoms with Crippen LogP contribution in [0, 0.1) is 6.92 Å². The highest BCUT2D eigenvalue weighted by Gasteiger charge is 2.15. The van der Waals surface area contributed by atoms with E-state index in [9.17, 15) is 0 Å². The van der Waals surface area contributed by atoms with Gasteiger partial charge >= 0.3 is 0 Å². The quantitative estimate of drug-likeness (QED) is 0.204. The van der Waals surface area contributed by atoms with Crippen molar-refractivity contribution in [1.82, 2.24) is 15.5 Å². The SMILES string of the molecule is CN=C(NCCCN1CCc2ccccc2C1)NCc1ccc(C)cc1OCCOC.I. The minimum Gasteiger partial charge on any atom is -0.491 e. The van der Waals surface area contributed by atoms with Crippen LogP contribution in [0.5, 0.6) is 5.75 Å². The molecule has 0 saturated carbocycles. The van der Waals surface area contributed by atoms with E-state index in [-0.39, 0.29) is 24.0 Å². The van der Waals surface area contributed by atoms with Gasteiger partial charge in [-0.05, 0) is 42.5 Å². The van der Waals surface area contributed by atoms with Crippen LogP contribution in [0.15, 0.2) is 47.5 Å². The van der Waals surface area contributed by atoms with Gasteiger partial charge in [0, 0.05) is 52.4 Å². The standard InChI is InChI=1S/C25H36N4O2.HI/c1-20-9-10-22(24(17-20)31-16-15-30-3)18-28-25(26-2)27-12-6-13-29-14-11-21-7-4-5-8-23(21)19-29;/h4-5,7-10,17H,6,11-16,18-19H2,1-3H3,(H2,26,27,28);1H. The van der Waals surface area contributed by atoms with Crippen LogP contribution in [0.25, 0.3) is 0 Å². The van der Waals surface area contributed by atoms with Crippen LogP contribution in [0.2, 0.25) is 0 Å². The maximum Gasteiger partial charge on any atom is 0.191 e. The summed E-state index contributed by atoms with van der Waals surface area (Å²) in [5.41, 5.74) is 5.26. The molecule has 0 amide bonds. The summed E-state index contributed by atoms with van der Waals surface area (Å²) in [5, 5.41) is 6.83. The summed E-state index contributed by atoms with van der Waals surface area (Å²) < 4.78 is 11.0. The molecule has 0 saturated heterocycles. The fraction of sp³-hybridized carbons (Fsp3) is 0.480. The third-order valence-electron chi connectivity index (χ3n) is 5.59. The molecular weight excluding hydrogens is 515 g/mol. The number of hydrogen-bond donors (Lipinski definition) is 2. The normalized spacial score (nSPS) is 13.8. The summed E-state index contributed by atoms with van der Waals surface area (Å²) in [6.07, 6.45) is 2.23. The predicted octanol–water partition coefficient (Wildman–Crippen LogP) is 3.75. The van der Waals surface area contributed by atoms with Crippen molar-refractivity contribution >= 4 is 29.9 Å². The van der Waals surface area contributed by atoms with Crippen molar-refractivity contribution in [3.63, 3.8) is 0 Å². The first kappa shape index (κ1) is 26.4. The second-order valence-electron chi connectivity index (χ2n) is 7.95. The zero-order valence-corrected chi connectivity index (χ0v) is 21.9. The second-order valence-corrected chi connectivity index (χ2v) is 7.95. The van der Waals surface area contributed by atoms with Crippen molar-refractivity contribution in [1.29, 1.82) is 0 Å². The molecule has 3 rings (SSSR count). The van der Waals surface area contributed by atoms with Crippen molar-refractivity contribution in [3.05, 3.63) is 64.7 Å². The Morgan fingerprint density at radius 2 is 1.91 bits per heavy atom. The van der Waals surface area contributed by atoms with E-state index in [1.807, 2.05) is 7.05 Å². The summed E-state index contributed by atoms with van der Waals surface area (Å²) in [6.45, 7) is 8.03. The van der Waals surface area contributed by atoms with Crippen LogP contribution in [0.4, 0.5) is 0 Å². The molecule has 0 aliphatic carbocycles. The lowest BCUT2D eigenvalue weighted by molar-refractivity contribution is 0.145. The van der Waals surface area contributed by atoms with Gasteiger partial charge in [0.1, 0.15) is 12.4 Å². The fourth-order valence-electron chi connectivity index (χ4n) is 3.83. The Morgan fingerprint density at radius 1 is 1.09 bits per heavy atom. The minimum absolute atomic E-state index is 0. The van der Waals surface area contributed by atoms with Gasteiger partial charge in [0.05, 0.1) is 6.61 Å². The first-order valence-corrected chi connectivity index (χ1v) is 11.1. The molecule has 0 unspecified atom stereocenters. The van der Waals surface area contributed by atoms with E-state index in [2.05, 4.69) is 69.9 Å². The van der Waals surface area contributed by atoms with E-state index >= 15 is 0 Å². The lowest BCUT2D eigenvalue weighted by Crippen LogP contribution is -2.39. The number of guanidine groups is 1. The molecule has 1 aliphatic heterocycles. The van der Waals surface area contributed by atoms with Gasteiger partial charge in [-0.1, -0.05) is 36.4 Å². The van der Waals surface area contributed by atoms with Crippen molar-refractivity contribution < 1.29 is 9.47 Å². The number of rotatable bonds is 10. The molecule has 0 aromatic heterocycles. The molecule has 2 aromatic rings. The maximum atomic E-state index is 5.88. The van der Waals surface area contributed by atoms with Crippen LogP contribution >= 0.6 is 24.0 Å². The summed E-state index contributed by atoms with van der Waals surface area (Å²) in [7, 11) is 3.49. The summed E-state index contributed by atoms with van der Waals surface area (Å²) >= 11 is 0. The third-order valence-corrected chi connectivity index (χ3v) is 5.59. The molecule has 2 aromatic carbocycles. The number of nitrogens with zero attached hydrogens (tertiary/aromatic N) is 2. The predicted molar refractivity (Wildman–Crippen MR) is 142 cm³/mol.